The average molecular weight is 284 g/mol. The molecule has 0 aliphatic carbocycles. The lowest BCUT2D eigenvalue weighted by Crippen LogP contribution is -2.07. The third-order valence-electron chi connectivity index (χ3n) is 2.40. The van der Waals surface area contributed by atoms with Crippen LogP contribution in [-0.4, -0.2) is 25.7 Å². The molecule has 0 unspecified atom stereocenters. The lowest BCUT2D eigenvalue weighted by Gasteiger charge is -2.03. The fourth-order valence-corrected chi connectivity index (χ4v) is 1.53. The molecule has 0 fully saturated rings. The van der Waals surface area contributed by atoms with E-state index in [1.807, 2.05) is 0 Å². The van der Waals surface area contributed by atoms with E-state index in [0.717, 1.165) is 0 Å². The van der Waals surface area contributed by atoms with Gasteiger partial charge in [0.25, 0.3) is 17.1 Å². The van der Waals surface area contributed by atoms with Gasteiger partial charge in [-0.3, -0.25) is 30.3 Å². The van der Waals surface area contributed by atoms with Crippen LogP contribution in [0.3, 0.4) is 0 Å². The fraction of sp³-hybridized carbons (Fsp3) is 0.222. The van der Waals surface area contributed by atoms with Crippen molar-refractivity contribution in [3.05, 3.63) is 48.0 Å². The van der Waals surface area contributed by atoms with Crippen LogP contribution < -0.4 is 0 Å². The van der Waals surface area contributed by atoms with Crippen LogP contribution in [-0.2, 0) is 6.42 Å². The zero-order chi connectivity index (χ0) is 15.4. The molecule has 1 N–H and O–H groups in total. The monoisotopic (exact) mass is 284 g/mol. The van der Waals surface area contributed by atoms with Crippen molar-refractivity contribution in [2.75, 3.05) is 0 Å². The van der Waals surface area contributed by atoms with E-state index in [-0.39, 0.29) is 17.7 Å². The van der Waals surface area contributed by atoms with Crippen LogP contribution >= 0.6 is 0 Å². The van der Waals surface area contributed by atoms with Gasteiger partial charge in [-0.25, -0.2) is 0 Å². The van der Waals surface area contributed by atoms with Crippen molar-refractivity contribution < 1.29 is 20.0 Å². The lowest BCUT2D eigenvalue weighted by molar-refractivity contribution is -0.404. The molecule has 0 aliphatic heterocycles. The second-order valence-electron chi connectivity index (χ2n) is 3.75. The molecule has 0 atom stereocenters. The summed E-state index contributed by atoms with van der Waals surface area (Å²) in [5, 5.41) is 43.8. The first-order valence-electron chi connectivity index (χ1n) is 5.05. The molecule has 1 aromatic rings. The van der Waals surface area contributed by atoms with Gasteiger partial charge in [0.2, 0.25) is 0 Å². The number of nitrogens with zero attached hydrogens (tertiary/aromatic N) is 4. The summed E-state index contributed by atoms with van der Waals surface area (Å²) in [5.74, 6) is 0. The molecule has 0 aliphatic rings. The van der Waals surface area contributed by atoms with Gasteiger partial charge in [0.05, 0.1) is 32.6 Å². The molecule has 0 heterocycles. The first kappa shape index (κ1) is 14.9. The number of rotatable bonds is 5. The Bertz CT molecular complexity index is 590. The molecule has 1 aromatic carbocycles. The van der Waals surface area contributed by atoms with Gasteiger partial charge >= 0.3 is 0 Å². The molecule has 0 saturated heterocycles. The zero-order valence-corrected chi connectivity index (χ0v) is 10.0. The number of hydrogen-bond acceptors (Lipinski definition) is 8. The van der Waals surface area contributed by atoms with Crippen molar-refractivity contribution in [2.45, 2.75) is 13.3 Å². The SMILES string of the molecule is CC(Cc1c([N+](=O)[O-])cc([N+](=O)[O-])cc1[N+](=O)[O-])=NO. The topological polar surface area (TPSA) is 162 Å². The normalized spacial score (nSPS) is 11.2. The molecule has 0 radical (unpaired) electrons. The molecule has 0 amide bonds. The first-order valence-corrected chi connectivity index (χ1v) is 5.05. The summed E-state index contributed by atoms with van der Waals surface area (Å²) in [4.78, 5) is 29.6. The van der Waals surface area contributed by atoms with Crippen LogP contribution in [0.5, 0.6) is 0 Å². The van der Waals surface area contributed by atoms with Crippen LogP contribution in [0.4, 0.5) is 17.1 Å². The molecule has 11 nitrogen and oxygen atoms in total. The highest BCUT2D eigenvalue weighted by Crippen LogP contribution is 2.34. The highest BCUT2D eigenvalue weighted by atomic mass is 16.6. The molecule has 11 heteroatoms. The molecule has 0 saturated carbocycles. The van der Waals surface area contributed by atoms with Crippen molar-refractivity contribution in [1.82, 2.24) is 0 Å². The number of oxime groups is 1. The second kappa shape index (κ2) is 5.69. The predicted molar refractivity (Wildman–Crippen MR) is 65.0 cm³/mol. The summed E-state index contributed by atoms with van der Waals surface area (Å²) in [7, 11) is 0. The Kier molecular flexibility index (Phi) is 4.25. The molecule has 0 aromatic heterocycles. The van der Waals surface area contributed by atoms with Crippen LogP contribution in [0.25, 0.3) is 0 Å². The quantitative estimate of drug-likeness (QED) is 0.372. The summed E-state index contributed by atoms with van der Waals surface area (Å²) in [6.45, 7) is 1.30. The number of nitro groups is 3. The van der Waals surface area contributed by atoms with Gasteiger partial charge in [-0.05, 0) is 6.92 Å². The van der Waals surface area contributed by atoms with Crippen molar-refractivity contribution in [2.24, 2.45) is 5.16 Å². The van der Waals surface area contributed by atoms with Crippen LogP contribution in [0.15, 0.2) is 17.3 Å². The summed E-state index contributed by atoms with van der Waals surface area (Å²) < 4.78 is 0. The Balaban J connectivity index is 3.63. The zero-order valence-electron chi connectivity index (χ0n) is 10.0. The van der Waals surface area contributed by atoms with E-state index in [4.69, 9.17) is 5.21 Å². The summed E-state index contributed by atoms with van der Waals surface area (Å²) in [5.41, 5.74) is -2.67. The third-order valence-corrected chi connectivity index (χ3v) is 2.40. The molecule has 0 spiro atoms. The molecule has 106 valence electrons. The predicted octanol–water partition coefficient (Wildman–Crippen LogP) is 1.80. The van der Waals surface area contributed by atoms with Gasteiger partial charge in [-0.2, -0.15) is 0 Å². The Morgan fingerprint density at radius 2 is 1.55 bits per heavy atom. The van der Waals surface area contributed by atoms with Crippen LogP contribution in [0.2, 0.25) is 0 Å². The number of benzene rings is 1. The fourth-order valence-electron chi connectivity index (χ4n) is 1.53. The Hall–Kier alpha value is -3.11. The standard InChI is InChI=1S/C9H8N4O7/c1-5(10-14)2-7-8(12(17)18)3-6(11(15)16)4-9(7)13(19)20/h3-4,14H,2H2,1H3. The maximum atomic E-state index is 10.9. The van der Waals surface area contributed by atoms with E-state index in [2.05, 4.69) is 5.16 Å². The maximum absolute atomic E-state index is 10.9. The number of hydrogen-bond donors (Lipinski definition) is 1. The lowest BCUT2D eigenvalue weighted by atomic mass is 10.0. The van der Waals surface area contributed by atoms with E-state index in [1.54, 1.807) is 0 Å². The minimum atomic E-state index is -0.962. The summed E-state index contributed by atoms with van der Waals surface area (Å²) in [6, 6.07) is 1.26. The smallest absolute Gasteiger partial charge is 0.286 e. The Labute approximate surface area is 110 Å². The van der Waals surface area contributed by atoms with Crippen molar-refractivity contribution in [1.29, 1.82) is 0 Å². The first-order chi connectivity index (χ1) is 9.27. The van der Waals surface area contributed by atoms with E-state index >= 15 is 0 Å². The minimum absolute atomic E-state index is 0.00921. The van der Waals surface area contributed by atoms with E-state index in [0.29, 0.717) is 12.1 Å². The highest BCUT2D eigenvalue weighted by Gasteiger charge is 2.30. The molecular formula is C9H8N4O7. The maximum Gasteiger partial charge on any atom is 0.286 e. The van der Waals surface area contributed by atoms with Crippen LogP contribution in [0.1, 0.15) is 12.5 Å². The van der Waals surface area contributed by atoms with Gasteiger partial charge < -0.3 is 5.21 Å². The molecule has 0 bridgehead atoms. The van der Waals surface area contributed by atoms with Crippen LogP contribution in [0, 0.1) is 30.3 Å². The summed E-state index contributed by atoms with van der Waals surface area (Å²) >= 11 is 0. The van der Waals surface area contributed by atoms with Gasteiger partial charge in [0.15, 0.2) is 0 Å². The van der Waals surface area contributed by atoms with E-state index in [1.165, 1.54) is 6.92 Å². The number of nitro benzene ring substituents is 3. The van der Waals surface area contributed by atoms with Gasteiger partial charge in [-0.15, -0.1) is 0 Å². The average Bonchev–Trinajstić information content (AvgIpc) is 2.37. The highest BCUT2D eigenvalue weighted by molar-refractivity contribution is 5.86. The van der Waals surface area contributed by atoms with E-state index < -0.39 is 31.8 Å². The molecular weight excluding hydrogens is 276 g/mol. The van der Waals surface area contributed by atoms with Gasteiger partial charge in [0, 0.05) is 6.42 Å². The molecule has 1 rings (SSSR count). The molecule has 20 heavy (non-hydrogen) atoms. The summed E-state index contributed by atoms with van der Waals surface area (Å²) in [6.07, 6.45) is -0.374. The largest absolute Gasteiger partial charge is 0.411 e. The second-order valence-corrected chi connectivity index (χ2v) is 3.75. The van der Waals surface area contributed by atoms with Crippen molar-refractivity contribution in [3.8, 4) is 0 Å². The van der Waals surface area contributed by atoms with Crippen molar-refractivity contribution in [3.63, 3.8) is 0 Å². The van der Waals surface area contributed by atoms with Gasteiger partial charge in [0.1, 0.15) is 5.56 Å². The Morgan fingerprint density at radius 3 is 1.85 bits per heavy atom. The third kappa shape index (κ3) is 3.01. The van der Waals surface area contributed by atoms with E-state index in [9.17, 15) is 30.3 Å². The minimum Gasteiger partial charge on any atom is -0.411 e. The van der Waals surface area contributed by atoms with Crippen molar-refractivity contribution >= 4 is 22.8 Å². The number of non-ortho nitro benzene ring substituents is 1. The van der Waals surface area contributed by atoms with Gasteiger partial charge in [-0.1, -0.05) is 5.16 Å². The Morgan fingerprint density at radius 1 is 1.10 bits per heavy atom.